The molecule has 0 aliphatic heterocycles. The predicted molar refractivity (Wildman–Crippen MR) is 69.0 cm³/mol. The molecule has 0 radical (unpaired) electrons. The van der Waals surface area contributed by atoms with Crippen molar-refractivity contribution in [3.8, 4) is 11.6 Å². The molecule has 17 heavy (non-hydrogen) atoms. The van der Waals surface area contributed by atoms with E-state index in [0.717, 1.165) is 29.0 Å². The van der Waals surface area contributed by atoms with Crippen molar-refractivity contribution < 1.29 is 4.42 Å². The van der Waals surface area contributed by atoms with Gasteiger partial charge < -0.3 is 4.42 Å². The van der Waals surface area contributed by atoms with Crippen LogP contribution >= 0.6 is 11.8 Å². The molecule has 0 amide bonds. The highest BCUT2D eigenvalue weighted by Gasteiger charge is 2.14. The molecule has 0 fully saturated rings. The lowest BCUT2D eigenvalue weighted by Gasteiger charge is -2.06. The summed E-state index contributed by atoms with van der Waals surface area (Å²) in [5.41, 5.74) is 0. The molecular weight excluding hydrogens is 234 g/mol. The quantitative estimate of drug-likeness (QED) is 0.765. The van der Waals surface area contributed by atoms with Crippen molar-refractivity contribution in [2.75, 3.05) is 5.75 Å². The minimum absolute atomic E-state index is 0.647. The van der Waals surface area contributed by atoms with Crippen LogP contribution in [0.15, 0.2) is 28.0 Å². The van der Waals surface area contributed by atoms with Gasteiger partial charge in [0.25, 0.3) is 0 Å². The first-order chi connectivity index (χ1) is 8.22. The van der Waals surface area contributed by atoms with Crippen LogP contribution in [0.3, 0.4) is 0 Å². The second kappa shape index (κ2) is 5.40. The molecule has 0 unspecified atom stereocenters. The number of aromatic nitrogens is 3. The van der Waals surface area contributed by atoms with E-state index in [1.165, 1.54) is 0 Å². The van der Waals surface area contributed by atoms with Gasteiger partial charge in [-0.05, 0) is 25.0 Å². The summed E-state index contributed by atoms with van der Waals surface area (Å²) in [6.07, 6.45) is 1.66. The summed E-state index contributed by atoms with van der Waals surface area (Å²) in [5.74, 6) is 3.28. The Morgan fingerprint density at radius 2 is 2.24 bits per heavy atom. The van der Waals surface area contributed by atoms with E-state index in [2.05, 4.69) is 35.5 Å². The number of thioether (sulfide) groups is 1. The Hall–Kier alpha value is -1.23. The standard InChI is InChI=1S/C12H17N3OS/c1-4-15-11(10-6-5-7-16-10)13-14-12(15)17-8-9(2)3/h5-7,9H,4,8H2,1-3H3. The zero-order chi connectivity index (χ0) is 12.3. The van der Waals surface area contributed by atoms with Gasteiger partial charge in [0.05, 0.1) is 6.26 Å². The van der Waals surface area contributed by atoms with Crippen LogP contribution in [0.5, 0.6) is 0 Å². The molecule has 0 N–H and O–H groups in total. The summed E-state index contributed by atoms with van der Waals surface area (Å²) in [5, 5.41) is 9.40. The fraction of sp³-hybridized carbons (Fsp3) is 0.500. The van der Waals surface area contributed by atoms with Gasteiger partial charge in [0.1, 0.15) is 0 Å². The second-order valence-electron chi connectivity index (χ2n) is 4.23. The van der Waals surface area contributed by atoms with E-state index in [1.807, 2.05) is 12.1 Å². The van der Waals surface area contributed by atoms with Crippen LogP contribution in [0.25, 0.3) is 11.6 Å². The minimum atomic E-state index is 0.647. The number of rotatable bonds is 5. The first-order valence-corrected chi connectivity index (χ1v) is 6.80. The van der Waals surface area contributed by atoms with Gasteiger partial charge in [0, 0.05) is 12.3 Å². The summed E-state index contributed by atoms with van der Waals surface area (Å²) in [6, 6.07) is 3.78. The maximum atomic E-state index is 5.37. The lowest BCUT2D eigenvalue weighted by atomic mass is 10.3. The van der Waals surface area contributed by atoms with E-state index in [-0.39, 0.29) is 0 Å². The average Bonchev–Trinajstić information content (AvgIpc) is 2.94. The smallest absolute Gasteiger partial charge is 0.200 e. The van der Waals surface area contributed by atoms with Gasteiger partial charge >= 0.3 is 0 Å². The van der Waals surface area contributed by atoms with E-state index in [4.69, 9.17) is 4.42 Å². The molecule has 2 heterocycles. The molecule has 0 saturated carbocycles. The van der Waals surface area contributed by atoms with Crippen LogP contribution in [-0.2, 0) is 6.54 Å². The third kappa shape index (κ3) is 2.72. The van der Waals surface area contributed by atoms with Crippen LogP contribution in [0, 0.1) is 5.92 Å². The number of nitrogens with zero attached hydrogens (tertiary/aromatic N) is 3. The highest BCUT2D eigenvalue weighted by atomic mass is 32.2. The van der Waals surface area contributed by atoms with Crippen molar-refractivity contribution >= 4 is 11.8 Å². The van der Waals surface area contributed by atoms with Gasteiger partial charge in [-0.1, -0.05) is 25.6 Å². The largest absolute Gasteiger partial charge is 0.461 e. The van der Waals surface area contributed by atoms with Gasteiger partial charge in [-0.25, -0.2) is 0 Å². The van der Waals surface area contributed by atoms with Crippen LogP contribution in [0.2, 0.25) is 0 Å². The second-order valence-corrected chi connectivity index (χ2v) is 5.22. The zero-order valence-corrected chi connectivity index (χ0v) is 11.2. The minimum Gasteiger partial charge on any atom is -0.461 e. The van der Waals surface area contributed by atoms with Crippen LogP contribution < -0.4 is 0 Å². The maximum Gasteiger partial charge on any atom is 0.200 e. The number of furan rings is 1. The number of hydrogen-bond acceptors (Lipinski definition) is 4. The molecule has 5 heteroatoms. The molecule has 0 saturated heterocycles. The van der Waals surface area contributed by atoms with Crippen molar-refractivity contribution in [3.63, 3.8) is 0 Å². The number of hydrogen-bond donors (Lipinski definition) is 0. The Labute approximate surface area is 105 Å². The molecule has 2 rings (SSSR count). The monoisotopic (exact) mass is 251 g/mol. The van der Waals surface area contributed by atoms with E-state index in [9.17, 15) is 0 Å². The molecule has 2 aromatic rings. The molecule has 4 nitrogen and oxygen atoms in total. The Morgan fingerprint density at radius 3 is 2.82 bits per heavy atom. The Morgan fingerprint density at radius 1 is 1.41 bits per heavy atom. The third-order valence-electron chi connectivity index (χ3n) is 2.32. The fourth-order valence-corrected chi connectivity index (χ4v) is 2.46. The molecule has 2 aromatic heterocycles. The average molecular weight is 251 g/mol. The highest BCUT2D eigenvalue weighted by Crippen LogP contribution is 2.25. The molecule has 92 valence electrons. The lowest BCUT2D eigenvalue weighted by molar-refractivity contribution is 0.567. The van der Waals surface area contributed by atoms with E-state index in [1.54, 1.807) is 18.0 Å². The van der Waals surface area contributed by atoms with Gasteiger partial charge in [-0.3, -0.25) is 4.57 Å². The lowest BCUT2D eigenvalue weighted by Crippen LogP contribution is -2.00. The Balaban J connectivity index is 2.24. The van der Waals surface area contributed by atoms with Crippen molar-refractivity contribution in [1.82, 2.24) is 14.8 Å². The van der Waals surface area contributed by atoms with E-state index >= 15 is 0 Å². The highest BCUT2D eigenvalue weighted by molar-refractivity contribution is 7.99. The zero-order valence-electron chi connectivity index (χ0n) is 10.4. The predicted octanol–water partition coefficient (Wildman–Crippen LogP) is 3.31. The normalized spacial score (nSPS) is 11.3. The summed E-state index contributed by atoms with van der Waals surface area (Å²) in [7, 11) is 0. The maximum absolute atomic E-state index is 5.37. The molecule has 0 atom stereocenters. The molecule has 0 aromatic carbocycles. The molecule has 0 aliphatic rings. The summed E-state index contributed by atoms with van der Waals surface area (Å²) in [6.45, 7) is 7.35. The van der Waals surface area contributed by atoms with Crippen molar-refractivity contribution in [2.24, 2.45) is 5.92 Å². The summed E-state index contributed by atoms with van der Waals surface area (Å²) >= 11 is 1.75. The first kappa shape index (κ1) is 12.2. The van der Waals surface area contributed by atoms with Crippen LogP contribution in [0.4, 0.5) is 0 Å². The summed E-state index contributed by atoms with van der Waals surface area (Å²) in [4.78, 5) is 0. The summed E-state index contributed by atoms with van der Waals surface area (Å²) < 4.78 is 7.46. The van der Waals surface area contributed by atoms with Crippen LogP contribution in [-0.4, -0.2) is 20.5 Å². The third-order valence-corrected chi connectivity index (χ3v) is 3.71. The van der Waals surface area contributed by atoms with Gasteiger partial charge in [0.15, 0.2) is 16.7 Å². The SMILES string of the molecule is CCn1c(SCC(C)C)nnc1-c1ccco1. The Bertz CT molecular complexity index is 462. The van der Waals surface area contributed by atoms with E-state index < -0.39 is 0 Å². The van der Waals surface area contributed by atoms with Gasteiger partial charge in [-0.2, -0.15) is 0 Å². The van der Waals surface area contributed by atoms with E-state index in [0.29, 0.717) is 5.92 Å². The molecule has 0 aliphatic carbocycles. The van der Waals surface area contributed by atoms with Crippen LogP contribution in [0.1, 0.15) is 20.8 Å². The fourth-order valence-electron chi connectivity index (χ4n) is 1.51. The van der Waals surface area contributed by atoms with Crippen molar-refractivity contribution in [3.05, 3.63) is 18.4 Å². The molecule has 0 bridgehead atoms. The topological polar surface area (TPSA) is 43.9 Å². The van der Waals surface area contributed by atoms with Gasteiger partial charge in [-0.15, -0.1) is 10.2 Å². The first-order valence-electron chi connectivity index (χ1n) is 5.82. The molecular formula is C12H17N3OS. The van der Waals surface area contributed by atoms with Crippen molar-refractivity contribution in [1.29, 1.82) is 0 Å². The molecule has 0 spiro atoms. The van der Waals surface area contributed by atoms with Crippen molar-refractivity contribution in [2.45, 2.75) is 32.5 Å². The Kier molecular flexibility index (Phi) is 3.89. The van der Waals surface area contributed by atoms with Gasteiger partial charge in [0.2, 0.25) is 0 Å².